The standard InChI is InChI=1S/C15H19ClN4O/c1-10(15-19-18-14-4-3-7-20(14)15)17-9-11-8-12(16)5-6-13(11)21-2/h5-6,8,10,17H,3-4,7,9H2,1-2H3. The second-order valence-electron chi connectivity index (χ2n) is 5.29. The first-order valence-corrected chi connectivity index (χ1v) is 7.54. The van der Waals surface area contributed by atoms with Crippen molar-refractivity contribution in [1.82, 2.24) is 20.1 Å². The van der Waals surface area contributed by atoms with Crippen molar-refractivity contribution in [3.63, 3.8) is 0 Å². The van der Waals surface area contributed by atoms with Crippen LogP contribution in [0.1, 0.15) is 36.6 Å². The van der Waals surface area contributed by atoms with Crippen LogP contribution in [0.5, 0.6) is 5.75 Å². The number of nitrogens with one attached hydrogen (secondary N) is 1. The molecule has 1 aliphatic heterocycles. The highest BCUT2D eigenvalue weighted by Gasteiger charge is 2.21. The van der Waals surface area contributed by atoms with Crippen molar-refractivity contribution >= 4 is 11.6 Å². The summed E-state index contributed by atoms with van der Waals surface area (Å²) in [6.45, 7) is 3.80. The Hall–Kier alpha value is -1.59. The molecule has 2 heterocycles. The molecule has 1 unspecified atom stereocenters. The third-order valence-corrected chi connectivity index (χ3v) is 4.10. The fourth-order valence-electron chi connectivity index (χ4n) is 2.73. The Balaban J connectivity index is 1.71. The van der Waals surface area contributed by atoms with Gasteiger partial charge in [0.25, 0.3) is 0 Å². The summed E-state index contributed by atoms with van der Waals surface area (Å²) >= 11 is 6.06. The van der Waals surface area contributed by atoms with Gasteiger partial charge in [-0.2, -0.15) is 0 Å². The molecule has 0 fully saturated rings. The molecule has 0 saturated carbocycles. The maximum absolute atomic E-state index is 6.06. The Morgan fingerprint density at radius 3 is 3.10 bits per heavy atom. The van der Waals surface area contributed by atoms with Gasteiger partial charge in [-0.3, -0.25) is 0 Å². The maximum Gasteiger partial charge on any atom is 0.149 e. The molecule has 2 aromatic rings. The van der Waals surface area contributed by atoms with Crippen molar-refractivity contribution < 1.29 is 4.74 Å². The summed E-state index contributed by atoms with van der Waals surface area (Å²) in [6.07, 6.45) is 2.19. The zero-order valence-electron chi connectivity index (χ0n) is 12.3. The Kier molecular flexibility index (Phi) is 4.12. The van der Waals surface area contributed by atoms with Crippen LogP contribution in [-0.4, -0.2) is 21.9 Å². The largest absolute Gasteiger partial charge is 0.496 e. The molecule has 0 spiro atoms. The SMILES string of the molecule is COc1ccc(Cl)cc1CNC(C)c1nnc2n1CCC2. The minimum atomic E-state index is 0.132. The molecule has 21 heavy (non-hydrogen) atoms. The molecule has 1 atom stereocenters. The highest BCUT2D eigenvalue weighted by Crippen LogP contribution is 2.24. The molecule has 1 aromatic carbocycles. The lowest BCUT2D eigenvalue weighted by atomic mass is 10.2. The van der Waals surface area contributed by atoms with Crippen molar-refractivity contribution in [2.24, 2.45) is 0 Å². The Morgan fingerprint density at radius 2 is 2.29 bits per heavy atom. The van der Waals surface area contributed by atoms with Gasteiger partial charge in [0.2, 0.25) is 0 Å². The van der Waals surface area contributed by atoms with Crippen LogP contribution in [0, 0.1) is 0 Å². The van der Waals surface area contributed by atoms with E-state index in [1.54, 1.807) is 7.11 Å². The van der Waals surface area contributed by atoms with E-state index in [9.17, 15) is 0 Å². The molecule has 0 aliphatic carbocycles. The molecule has 1 N–H and O–H groups in total. The molecule has 0 saturated heterocycles. The lowest BCUT2D eigenvalue weighted by Crippen LogP contribution is -2.22. The number of fused-ring (bicyclic) bond motifs is 1. The van der Waals surface area contributed by atoms with E-state index in [4.69, 9.17) is 16.3 Å². The van der Waals surface area contributed by atoms with Gasteiger partial charge in [-0.15, -0.1) is 10.2 Å². The molecule has 0 amide bonds. The van der Waals surface area contributed by atoms with Gasteiger partial charge in [0.15, 0.2) is 0 Å². The first kappa shape index (κ1) is 14.4. The number of halogens is 1. The first-order chi connectivity index (χ1) is 10.2. The molecule has 0 radical (unpaired) electrons. The van der Waals surface area contributed by atoms with E-state index < -0.39 is 0 Å². The predicted octanol–water partition coefficient (Wildman–Crippen LogP) is 2.74. The van der Waals surface area contributed by atoms with Crippen molar-refractivity contribution in [3.8, 4) is 5.75 Å². The van der Waals surface area contributed by atoms with Gasteiger partial charge in [0.05, 0.1) is 13.2 Å². The molecule has 5 nitrogen and oxygen atoms in total. The van der Waals surface area contributed by atoms with Gasteiger partial charge in [-0.25, -0.2) is 0 Å². The Bertz CT molecular complexity index is 641. The molecule has 6 heteroatoms. The first-order valence-electron chi connectivity index (χ1n) is 7.17. The van der Waals surface area contributed by atoms with Crippen molar-refractivity contribution in [2.75, 3.05) is 7.11 Å². The van der Waals surface area contributed by atoms with Crippen molar-refractivity contribution in [2.45, 2.75) is 38.9 Å². The third-order valence-electron chi connectivity index (χ3n) is 3.87. The zero-order chi connectivity index (χ0) is 14.8. The van der Waals surface area contributed by atoms with E-state index in [0.29, 0.717) is 11.6 Å². The third kappa shape index (κ3) is 2.89. The number of methoxy groups -OCH3 is 1. The number of rotatable bonds is 5. The average molecular weight is 307 g/mol. The van der Waals surface area contributed by atoms with Crippen molar-refractivity contribution in [1.29, 1.82) is 0 Å². The van der Waals surface area contributed by atoms with E-state index in [1.807, 2.05) is 18.2 Å². The van der Waals surface area contributed by atoms with Gasteiger partial charge in [-0.05, 0) is 31.5 Å². The normalized spacial score (nSPS) is 15.0. The van der Waals surface area contributed by atoms with Crippen LogP contribution in [0.15, 0.2) is 18.2 Å². The minimum absolute atomic E-state index is 0.132. The number of hydrogen-bond donors (Lipinski definition) is 1. The van der Waals surface area contributed by atoms with E-state index in [1.165, 1.54) is 0 Å². The van der Waals surface area contributed by atoms with Crippen LogP contribution in [0.4, 0.5) is 0 Å². The second kappa shape index (κ2) is 6.03. The number of nitrogens with zero attached hydrogens (tertiary/aromatic N) is 3. The minimum Gasteiger partial charge on any atom is -0.496 e. The van der Waals surface area contributed by atoms with Gasteiger partial charge < -0.3 is 14.6 Å². The summed E-state index contributed by atoms with van der Waals surface area (Å²) in [7, 11) is 1.67. The van der Waals surface area contributed by atoms with Gasteiger partial charge >= 0.3 is 0 Å². The Morgan fingerprint density at radius 1 is 1.43 bits per heavy atom. The summed E-state index contributed by atoms with van der Waals surface area (Å²) in [5.74, 6) is 2.94. The van der Waals surface area contributed by atoms with Gasteiger partial charge in [0.1, 0.15) is 17.4 Å². The van der Waals surface area contributed by atoms with Crippen LogP contribution in [0.3, 0.4) is 0 Å². The van der Waals surface area contributed by atoms with E-state index >= 15 is 0 Å². The number of benzene rings is 1. The lowest BCUT2D eigenvalue weighted by molar-refractivity contribution is 0.405. The summed E-state index contributed by atoms with van der Waals surface area (Å²) in [6, 6.07) is 5.78. The zero-order valence-corrected chi connectivity index (χ0v) is 13.0. The number of ether oxygens (including phenoxy) is 1. The fourth-order valence-corrected chi connectivity index (χ4v) is 2.93. The van der Waals surface area contributed by atoms with Crippen molar-refractivity contribution in [3.05, 3.63) is 40.4 Å². The molecular weight excluding hydrogens is 288 g/mol. The number of aromatic nitrogens is 3. The number of aryl methyl sites for hydroxylation is 1. The average Bonchev–Trinajstić information content (AvgIpc) is 3.07. The Labute approximate surface area is 129 Å². The smallest absolute Gasteiger partial charge is 0.149 e. The van der Waals surface area contributed by atoms with Crippen LogP contribution in [0.25, 0.3) is 0 Å². The van der Waals surface area contributed by atoms with Crippen LogP contribution in [0.2, 0.25) is 5.02 Å². The molecule has 1 aliphatic rings. The van der Waals surface area contributed by atoms with Gasteiger partial charge in [-0.1, -0.05) is 11.6 Å². The summed E-state index contributed by atoms with van der Waals surface area (Å²) in [5, 5.41) is 12.7. The van der Waals surface area contributed by atoms with Crippen LogP contribution in [-0.2, 0) is 19.5 Å². The number of hydrogen-bond acceptors (Lipinski definition) is 4. The van der Waals surface area contributed by atoms with Crippen LogP contribution >= 0.6 is 11.6 Å². The fraction of sp³-hybridized carbons (Fsp3) is 0.467. The lowest BCUT2D eigenvalue weighted by Gasteiger charge is -2.15. The predicted molar refractivity (Wildman–Crippen MR) is 81.6 cm³/mol. The van der Waals surface area contributed by atoms with Gasteiger partial charge in [0, 0.05) is 30.1 Å². The van der Waals surface area contributed by atoms with E-state index in [2.05, 4.69) is 27.0 Å². The molecular formula is C15H19ClN4O. The monoisotopic (exact) mass is 306 g/mol. The van der Waals surface area contributed by atoms with E-state index in [-0.39, 0.29) is 6.04 Å². The summed E-state index contributed by atoms with van der Waals surface area (Å²) in [5.41, 5.74) is 1.04. The molecule has 1 aromatic heterocycles. The molecule has 3 rings (SSSR count). The second-order valence-corrected chi connectivity index (χ2v) is 5.72. The highest BCUT2D eigenvalue weighted by molar-refractivity contribution is 6.30. The van der Waals surface area contributed by atoms with E-state index in [0.717, 1.165) is 42.3 Å². The molecule has 112 valence electrons. The van der Waals surface area contributed by atoms with Crippen LogP contribution < -0.4 is 10.1 Å². The molecule has 0 bridgehead atoms. The topological polar surface area (TPSA) is 52.0 Å². The summed E-state index contributed by atoms with van der Waals surface area (Å²) < 4.78 is 7.58. The maximum atomic E-state index is 6.06. The summed E-state index contributed by atoms with van der Waals surface area (Å²) in [4.78, 5) is 0. The highest BCUT2D eigenvalue weighted by atomic mass is 35.5. The quantitative estimate of drug-likeness (QED) is 0.923.